The number of aromatic nitrogens is 6. The fourth-order valence-corrected chi connectivity index (χ4v) is 2.17. The van der Waals surface area contributed by atoms with Crippen LogP contribution < -0.4 is 5.32 Å². The zero-order chi connectivity index (χ0) is 15.4. The van der Waals surface area contributed by atoms with E-state index < -0.39 is 6.04 Å². The van der Waals surface area contributed by atoms with E-state index in [2.05, 4.69) is 25.9 Å². The molecule has 0 aliphatic heterocycles. The molecule has 1 N–H and O–H groups in total. The third-order valence-corrected chi connectivity index (χ3v) is 3.23. The lowest BCUT2D eigenvalue weighted by Gasteiger charge is -2.15. The summed E-state index contributed by atoms with van der Waals surface area (Å²) in [4.78, 5) is 12.6. The van der Waals surface area contributed by atoms with Crippen LogP contribution in [0.5, 0.6) is 0 Å². The lowest BCUT2D eigenvalue weighted by molar-refractivity contribution is -0.119. The standard InChI is InChI=1S/C14H15N7O/c1-20-9-12(8-16-20)17-14(22)13(21-10-15-18-19-21)7-11-5-3-2-4-6-11/h2-6,8-10,13H,7H2,1H3,(H,17,22)/t13-/m1/s1. The van der Waals surface area contributed by atoms with E-state index in [0.717, 1.165) is 5.56 Å². The summed E-state index contributed by atoms with van der Waals surface area (Å²) in [5.41, 5.74) is 1.67. The van der Waals surface area contributed by atoms with Gasteiger partial charge in [-0.3, -0.25) is 9.48 Å². The molecule has 3 aromatic rings. The predicted octanol–water partition coefficient (Wildman–Crippen LogP) is 0.829. The van der Waals surface area contributed by atoms with E-state index in [0.29, 0.717) is 12.1 Å². The first-order chi connectivity index (χ1) is 10.7. The van der Waals surface area contributed by atoms with Gasteiger partial charge in [0.2, 0.25) is 5.91 Å². The lowest BCUT2D eigenvalue weighted by Crippen LogP contribution is -2.28. The van der Waals surface area contributed by atoms with Crippen LogP contribution in [0.3, 0.4) is 0 Å². The molecule has 0 aliphatic rings. The second-order valence-corrected chi connectivity index (χ2v) is 4.89. The number of carbonyl (C=O) groups is 1. The molecule has 8 nitrogen and oxygen atoms in total. The summed E-state index contributed by atoms with van der Waals surface area (Å²) < 4.78 is 3.08. The van der Waals surface area contributed by atoms with Gasteiger partial charge in [0.25, 0.3) is 0 Å². The molecule has 1 aromatic carbocycles. The monoisotopic (exact) mass is 297 g/mol. The zero-order valence-corrected chi connectivity index (χ0v) is 12.0. The highest BCUT2D eigenvalue weighted by Crippen LogP contribution is 2.16. The van der Waals surface area contributed by atoms with E-state index in [1.807, 2.05) is 30.3 Å². The summed E-state index contributed by atoms with van der Waals surface area (Å²) >= 11 is 0. The van der Waals surface area contributed by atoms with Crippen molar-refractivity contribution < 1.29 is 4.79 Å². The number of hydrogen-bond acceptors (Lipinski definition) is 5. The van der Waals surface area contributed by atoms with Gasteiger partial charge < -0.3 is 5.32 Å². The molecule has 22 heavy (non-hydrogen) atoms. The van der Waals surface area contributed by atoms with Gasteiger partial charge in [0, 0.05) is 19.7 Å². The molecule has 0 bridgehead atoms. The maximum absolute atomic E-state index is 12.6. The predicted molar refractivity (Wildman–Crippen MR) is 78.8 cm³/mol. The SMILES string of the molecule is Cn1cc(NC(=O)[C@@H](Cc2ccccc2)n2cnnn2)cn1. The zero-order valence-electron chi connectivity index (χ0n) is 12.0. The molecule has 0 radical (unpaired) electrons. The molecular weight excluding hydrogens is 282 g/mol. The van der Waals surface area contributed by atoms with Crippen molar-refractivity contribution in [2.24, 2.45) is 7.05 Å². The Morgan fingerprint density at radius 3 is 2.77 bits per heavy atom. The smallest absolute Gasteiger partial charge is 0.249 e. The van der Waals surface area contributed by atoms with Crippen LogP contribution >= 0.6 is 0 Å². The van der Waals surface area contributed by atoms with Crippen LogP contribution in [0.15, 0.2) is 49.1 Å². The molecule has 2 heterocycles. The van der Waals surface area contributed by atoms with Gasteiger partial charge in [-0.1, -0.05) is 30.3 Å². The number of tetrazole rings is 1. The molecule has 0 saturated carbocycles. The summed E-state index contributed by atoms with van der Waals surface area (Å²) in [5, 5.41) is 17.9. The first kappa shape index (κ1) is 13.9. The average molecular weight is 297 g/mol. The molecule has 3 rings (SSSR count). The summed E-state index contributed by atoms with van der Waals surface area (Å²) in [6.45, 7) is 0. The van der Waals surface area contributed by atoms with Gasteiger partial charge in [0.05, 0.1) is 11.9 Å². The fraction of sp³-hybridized carbons (Fsp3) is 0.214. The third-order valence-electron chi connectivity index (χ3n) is 3.23. The van der Waals surface area contributed by atoms with Gasteiger partial charge >= 0.3 is 0 Å². The minimum Gasteiger partial charge on any atom is -0.322 e. The van der Waals surface area contributed by atoms with Gasteiger partial charge in [0.15, 0.2) is 0 Å². The van der Waals surface area contributed by atoms with Crippen molar-refractivity contribution in [1.82, 2.24) is 30.0 Å². The minimum atomic E-state index is -0.530. The number of benzene rings is 1. The van der Waals surface area contributed by atoms with E-state index in [9.17, 15) is 4.79 Å². The number of aryl methyl sites for hydroxylation is 1. The Hall–Kier alpha value is -3.03. The van der Waals surface area contributed by atoms with Crippen LogP contribution in [0.4, 0.5) is 5.69 Å². The Labute approximate surface area is 126 Å². The van der Waals surface area contributed by atoms with Crippen molar-refractivity contribution in [2.75, 3.05) is 5.32 Å². The largest absolute Gasteiger partial charge is 0.322 e. The highest BCUT2D eigenvalue weighted by molar-refractivity contribution is 5.93. The maximum Gasteiger partial charge on any atom is 0.249 e. The number of rotatable bonds is 5. The number of nitrogens with zero attached hydrogens (tertiary/aromatic N) is 6. The highest BCUT2D eigenvalue weighted by Gasteiger charge is 2.22. The van der Waals surface area contributed by atoms with E-state index in [1.165, 1.54) is 11.0 Å². The summed E-state index contributed by atoms with van der Waals surface area (Å²) in [5.74, 6) is -0.191. The van der Waals surface area contributed by atoms with E-state index >= 15 is 0 Å². The molecule has 1 atom stereocenters. The van der Waals surface area contributed by atoms with Crippen LogP contribution in [0.1, 0.15) is 11.6 Å². The topological polar surface area (TPSA) is 90.5 Å². The van der Waals surface area contributed by atoms with Crippen LogP contribution in [0.25, 0.3) is 0 Å². The van der Waals surface area contributed by atoms with E-state index in [-0.39, 0.29) is 5.91 Å². The number of carbonyl (C=O) groups excluding carboxylic acids is 1. The van der Waals surface area contributed by atoms with Crippen molar-refractivity contribution in [3.63, 3.8) is 0 Å². The number of hydrogen-bond donors (Lipinski definition) is 1. The van der Waals surface area contributed by atoms with Gasteiger partial charge in [-0.2, -0.15) is 5.10 Å². The van der Waals surface area contributed by atoms with Gasteiger partial charge in [-0.25, -0.2) is 4.68 Å². The molecule has 112 valence electrons. The fourth-order valence-electron chi connectivity index (χ4n) is 2.17. The summed E-state index contributed by atoms with van der Waals surface area (Å²) in [7, 11) is 1.79. The van der Waals surface area contributed by atoms with Crippen LogP contribution in [0, 0.1) is 0 Å². The minimum absolute atomic E-state index is 0.191. The van der Waals surface area contributed by atoms with Crippen molar-refractivity contribution in [1.29, 1.82) is 0 Å². The quantitative estimate of drug-likeness (QED) is 0.753. The highest BCUT2D eigenvalue weighted by atomic mass is 16.2. The van der Waals surface area contributed by atoms with Crippen molar-refractivity contribution in [3.05, 3.63) is 54.6 Å². The van der Waals surface area contributed by atoms with Gasteiger partial charge in [-0.05, 0) is 16.0 Å². The summed E-state index contributed by atoms with van der Waals surface area (Å²) in [6.07, 6.45) is 5.27. The molecule has 0 saturated heterocycles. The van der Waals surface area contributed by atoms with Crippen LogP contribution in [0.2, 0.25) is 0 Å². The lowest BCUT2D eigenvalue weighted by atomic mass is 10.1. The second-order valence-electron chi connectivity index (χ2n) is 4.89. The number of anilines is 1. The Bertz CT molecular complexity index is 736. The van der Waals surface area contributed by atoms with Crippen LogP contribution in [-0.2, 0) is 18.3 Å². The molecular formula is C14H15N7O. The molecule has 0 aliphatic carbocycles. The number of amides is 1. The van der Waals surface area contributed by atoms with E-state index in [1.54, 1.807) is 24.1 Å². The first-order valence-corrected chi connectivity index (χ1v) is 6.78. The molecule has 0 spiro atoms. The molecule has 2 aromatic heterocycles. The van der Waals surface area contributed by atoms with Crippen molar-refractivity contribution in [3.8, 4) is 0 Å². The van der Waals surface area contributed by atoms with E-state index in [4.69, 9.17) is 0 Å². The second kappa shape index (κ2) is 6.17. The van der Waals surface area contributed by atoms with Gasteiger partial charge in [0.1, 0.15) is 12.4 Å². The average Bonchev–Trinajstić information content (AvgIpc) is 3.18. The number of nitrogens with one attached hydrogen (secondary N) is 1. The first-order valence-electron chi connectivity index (χ1n) is 6.78. The molecule has 8 heteroatoms. The Balaban J connectivity index is 1.80. The van der Waals surface area contributed by atoms with Gasteiger partial charge in [-0.15, -0.1) is 5.10 Å². The molecule has 1 amide bonds. The summed E-state index contributed by atoms with van der Waals surface area (Å²) in [6, 6.07) is 9.21. The van der Waals surface area contributed by atoms with Crippen molar-refractivity contribution >= 4 is 11.6 Å². The molecule has 0 fully saturated rings. The van der Waals surface area contributed by atoms with Crippen LogP contribution in [-0.4, -0.2) is 35.9 Å². The van der Waals surface area contributed by atoms with Crippen molar-refractivity contribution in [2.45, 2.75) is 12.5 Å². The maximum atomic E-state index is 12.6. The molecule has 0 unspecified atom stereocenters. The normalized spacial score (nSPS) is 12.0. The third kappa shape index (κ3) is 3.17. The Morgan fingerprint density at radius 2 is 2.14 bits per heavy atom. The Morgan fingerprint density at radius 1 is 1.32 bits per heavy atom. The Kier molecular flexibility index (Phi) is 3.90.